The highest BCUT2D eigenvalue weighted by Crippen LogP contribution is 2.33. The number of hydrogen-bond acceptors (Lipinski definition) is 6. The van der Waals surface area contributed by atoms with E-state index >= 15 is 0 Å². The predicted molar refractivity (Wildman–Crippen MR) is 99.6 cm³/mol. The number of piperidine rings is 1. The second-order valence-electron chi connectivity index (χ2n) is 6.94. The van der Waals surface area contributed by atoms with Gasteiger partial charge >= 0.3 is 0 Å². The summed E-state index contributed by atoms with van der Waals surface area (Å²) in [5.74, 6) is -0.785. The van der Waals surface area contributed by atoms with Crippen LogP contribution in [-0.2, 0) is 16.1 Å². The summed E-state index contributed by atoms with van der Waals surface area (Å²) in [4.78, 5) is 41.9. The molecule has 0 radical (unpaired) electrons. The molecule has 140 valence electrons. The minimum absolute atomic E-state index is 0.184. The van der Waals surface area contributed by atoms with Crippen LogP contribution >= 0.6 is 0 Å². The van der Waals surface area contributed by atoms with Gasteiger partial charge in [-0.1, -0.05) is 6.07 Å². The molecule has 1 saturated heterocycles. The van der Waals surface area contributed by atoms with E-state index in [-0.39, 0.29) is 24.1 Å². The molecule has 4 rings (SSSR count). The monoisotopic (exact) mass is 375 g/mol. The summed E-state index contributed by atoms with van der Waals surface area (Å²) >= 11 is 0. The molecule has 0 spiro atoms. The number of rotatable bonds is 2. The third-order valence-corrected chi connectivity index (χ3v) is 5.31. The SMILES string of the molecule is Cc1c(-c2ccc3c(c2)CN(C2CCC(=O)NC2=O)C3=O)cnc(N)c1C#N. The first-order valence-electron chi connectivity index (χ1n) is 8.84. The molecule has 0 aliphatic carbocycles. The molecule has 2 aliphatic rings. The van der Waals surface area contributed by atoms with Crippen molar-refractivity contribution in [1.29, 1.82) is 5.26 Å². The number of nitrogen functional groups attached to an aromatic ring is 1. The fraction of sp³-hybridized carbons (Fsp3) is 0.250. The Morgan fingerprint density at radius 2 is 2.07 bits per heavy atom. The van der Waals surface area contributed by atoms with Crippen LogP contribution in [0.15, 0.2) is 24.4 Å². The Labute approximate surface area is 161 Å². The molecule has 3 N–H and O–H groups in total. The number of hydrogen-bond donors (Lipinski definition) is 2. The van der Waals surface area contributed by atoms with Gasteiger partial charge in [-0.25, -0.2) is 4.98 Å². The number of carbonyl (C=O) groups is 3. The number of amides is 3. The minimum Gasteiger partial charge on any atom is -0.383 e. The smallest absolute Gasteiger partial charge is 0.255 e. The Bertz CT molecular complexity index is 1090. The van der Waals surface area contributed by atoms with Crippen LogP contribution in [0.4, 0.5) is 5.82 Å². The van der Waals surface area contributed by atoms with Crippen molar-refractivity contribution in [2.45, 2.75) is 32.4 Å². The number of benzene rings is 1. The van der Waals surface area contributed by atoms with Gasteiger partial charge in [-0.05, 0) is 42.2 Å². The van der Waals surface area contributed by atoms with Gasteiger partial charge in [0.25, 0.3) is 5.91 Å². The van der Waals surface area contributed by atoms with Gasteiger partial charge in [0.15, 0.2) is 0 Å². The molecule has 1 atom stereocenters. The van der Waals surface area contributed by atoms with E-state index in [1.807, 2.05) is 6.07 Å². The van der Waals surface area contributed by atoms with E-state index < -0.39 is 11.9 Å². The fourth-order valence-corrected chi connectivity index (χ4v) is 3.80. The van der Waals surface area contributed by atoms with Crippen molar-refractivity contribution in [2.24, 2.45) is 0 Å². The number of nitrogens with zero attached hydrogens (tertiary/aromatic N) is 3. The molecule has 28 heavy (non-hydrogen) atoms. The molecule has 1 fully saturated rings. The number of fused-ring (bicyclic) bond motifs is 1. The number of nitrogens with two attached hydrogens (primary N) is 1. The summed E-state index contributed by atoms with van der Waals surface area (Å²) < 4.78 is 0. The zero-order chi connectivity index (χ0) is 20.0. The number of anilines is 1. The van der Waals surface area contributed by atoms with Gasteiger partial charge in [-0.2, -0.15) is 5.26 Å². The number of carbonyl (C=O) groups excluding carboxylic acids is 3. The number of aromatic nitrogens is 1. The van der Waals surface area contributed by atoms with Crippen molar-refractivity contribution in [3.63, 3.8) is 0 Å². The van der Waals surface area contributed by atoms with Crippen molar-refractivity contribution in [3.05, 3.63) is 46.6 Å². The van der Waals surface area contributed by atoms with Crippen molar-refractivity contribution >= 4 is 23.5 Å². The fourth-order valence-electron chi connectivity index (χ4n) is 3.80. The standard InChI is InChI=1S/C20H17N5O3/c1-10-14(7-21)18(22)23-8-15(10)11-2-3-13-12(6-11)9-25(20(13)28)16-4-5-17(26)24-19(16)27/h2-3,6,8,16H,4-5,9H2,1H3,(H2,22,23)(H,24,26,27). The summed E-state index contributed by atoms with van der Waals surface area (Å²) in [6.07, 6.45) is 2.15. The zero-order valence-electron chi connectivity index (χ0n) is 15.2. The van der Waals surface area contributed by atoms with E-state index in [1.165, 1.54) is 4.90 Å². The molecule has 8 nitrogen and oxygen atoms in total. The second kappa shape index (κ2) is 6.46. The maximum atomic E-state index is 12.8. The van der Waals surface area contributed by atoms with Crippen molar-refractivity contribution in [1.82, 2.24) is 15.2 Å². The van der Waals surface area contributed by atoms with Gasteiger partial charge in [0.2, 0.25) is 11.8 Å². The average Bonchev–Trinajstić information content (AvgIpc) is 2.98. The quantitative estimate of drug-likeness (QED) is 0.761. The van der Waals surface area contributed by atoms with E-state index in [2.05, 4.69) is 16.4 Å². The maximum absolute atomic E-state index is 12.8. The molecule has 8 heteroatoms. The lowest BCUT2D eigenvalue weighted by molar-refractivity contribution is -0.136. The number of nitrogens with one attached hydrogen (secondary N) is 1. The van der Waals surface area contributed by atoms with Gasteiger partial charge in [-0.3, -0.25) is 19.7 Å². The normalized spacial score (nSPS) is 18.6. The van der Waals surface area contributed by atoms with Crippen LogP contribution in [0.2, 0.25) is 0 Å². The molecular formula is C20H17N5O3. The van der Waals surface area contributed by atoms with Crippen LogP contribution in [0.3, 0.4) is 0 Å². The first-order valence-corrected chi connectivity index (χ1v) is 8.84. The lowest BCUT2D eigenvalue weighted by atomic mass is 9.96. The molecule has 1 aromatic carbocycles. The third kappa shape index (κ3) is 2.68. The van der Waals surface area contributed by atoms with Crippen LogP contribution < -0.4 is 11.1 Å². The molecule has 1 aromatic heterocycles. The highest BCUT2D eigenvalue weighted by molar-refractivity contribution is 6.05. The van der Waals surface area contributed by atoms with Gasteiger partial charge in [0.05, 0.1) is 5.56 Å². The highest BCUT2D eigenvalue weighted by Gasteiger charge is 2.39. The largest absolute Gasteiger partial charge is 0.383 e. The van der Waals surface area contributed by atoms with Gasteiger partial charge in [0, 0.05) is 30.3 Å². The Kier molecular flexibility index (Phi) is 4.08. The van der Waals surface area contributed by atoms with Gasteiger partial charge in [-0.15, -0.1) is 0 Å². The molecule has 3 heterocycles. The van der Waals surface area contributed by atoms with Crippen molar-refractivity contribution in [3.8, 4) is 17.2 Å². The topological polar surface area (TPSA) is 129 Å². The van der Waals surface area contributed by atoms with Crippen molar-refractivity contribution in [2.75, 3.05) is 5.73 Å². The van der Waals surface area contributed by atoms with E-state index in [1.54, 1.807) is 25.3 Å². The zero-order valence-corrected chi connectivity index (χ0v) is 15.2. The van der Waals surface area contributed by atoms with Gasteiger partial charge in [0.1, 0.15) is 17.9 Å². The summed E-state index contributed by atoms with van der Waals surface area (Å²) in [6.45, 7) is 2.10. The van der Waals surface area contributed by atoms with E-state index in [4.69, 9.17) is 5.73 Å². The number of nitriles is 1. The average molecular weight is 375 g/mol. The molecule has 0 saturated carbocycles. The lowest BCUT2D eigenvalue weighted by Gasteiger charge is -2.29. The predicted octanol–water partition coefficient (Wildman–Crippen LogP) is 1.27. The van der Waals surface area contributed by atoms with Crippen LogP contribution in [0.25, 0.3) is 11.1 Å². The number of pyridine rings is 1. The molecule has 3 amide bonds. The maximum Gasteiger partial charge on any atom is 0.255 e. The number of imide groups is 1. The van der Waals surface area contributed by atoms with Crippen LogP contribution in [0, 0.1) is 18.3 Å². The summed E-state index contributed by atoms with van der Waals surface area (Å²) in [5, 5.41) is 11.6. The van der Waals surface area contributed by atoms with Crippen LogP contribution in [0.5, 0.6) is 0 Å². The lowest BCUT2D eigenvalue weighted by Crippen LogP contribution is -2.52. The Morgan fingerprint density at radius 1 is 1.29 bits per heavy atom. The Morgan fingerprint density at radius 3 is 2.79 bits per heavy atom. The van der Waals surface area contributed by atoms with E-state index in [0.717, 1.165) is 22.3 Å². The first kappa shape index (κ1) is 17.7. The first-order chi connectivity index (χ1) is 13.4. The summed E-state index contributed by atoms with van der Waals surface area (Å²) in [7, 11) is 0. The van der Waals surface area contributed by atoms with Crippen LogP contribution in [-0.4, -0.2) is 33.6 Å². The molecule has 2 aliphatic heterocycles. The molecule has 0 bridgehead atoms. The van der Waals surface area contributed by atoms with E-state index in [9.17, 15) is 19.6 Å². The van der Waals surface area contributed by atoms with Crippen molar-refractivity contribution < 1.29 is 14.4 Å². The summed E-state index contributed by atoms with van der Waals surface area (Å²) in [6, 6.07) is 6.82. The Hall–Kier alpha value is -3.73. The molecular weight excluding hydrogens is 358 g/mol. The molecule has 2 aromatic rings. The second-order valence-corrected chi connectivity index (χ2v) is 6.94. The minimum atomic E-state index is -0.647. The molecule has 1 unspecified atom stereocenters. The van der Waals surface area contributed by atoms with Gasteiger partial charge < -0.3 is 10.6 Å². The summed E-state index contributed by atoms with van der Waals surface area (Å²) in [5.41, 5.74) is 9.73. The van der Waals surface area contributed by atoms with Crippen LogP contribution in [0.1, 0.15) is 39.9 Å². The van der Waals surface area contributed by atoms with E-state index in [0.29, 0.717) is 24.1 Å². The third-order valence-electron chi connectivity index (χ3n) is 5.31. The highest BCUT2D eigenvalue weighted by atomic mass is 16.2. The Balaban J connectivity index is 1.68.